The predicted molar refractivity (Wildman–Crippen MR) is 57.8 cm³/mol. The fourth-order valence-electron chi connectivity index (χ4n) is 1.03. The predicted octanol–water partition coefficient (Wildman–Crippen LogP) is 2.26. The van der Waals surface area contributed by atoms with Crippen LogP contribution >= 0.6 is 11.3 Å². The van der Waals surface area contributed by atoms with Crippen molar-refractivity contribution in [2.24, 2.45) is 0 Å². The van der Waals surface area contributed by atoms with Gasteiger partial charge in [0.1, 0.15) is 11.3 Å². The second-order valence-corrected chi connectivity index (χ2v) is 4.44. The van der Waals surface area contributed by atoms with Crippen molar-refractivity contribution in [3.63, 3.8) is 0 Å². The Kier molecular flexibility index (Phi) is 2.96. The molecule has 0 amide bonds. The third-order valence-corrected chi connectivity index (χ3v) is 3.02. The number of nitrogens with one attached hydrogen (secondary N) is 1. The minimum absolute atomic E-state index is 0.421. The number of hydrogen-bond acceptors (Lipinski definition) is 6. The Bertz CT molecular complexity index is 409. The first kappa shape index (κ1) is 10.1. The molecule has 0 radical (unpaired) electrons. The molecule has 15 heavy (non-hydrogen) atoms. The molecule has 0 aliphatic rings. The lowest BCUT2D eigenvalue weighted by Crippen LogP contribution is -1.98. The summed E-state index contributed by atoms with van der Waals surface area (Å²) in [4.78, 5) is 4.00. The lowest BCUT2D eigenvalue weighted by molar-refractivity contribution is 0.556. The molecule has 1 N–H and O–H groups in total. The summed E-state index contributed by atoms with van der Waals surface area (Å²) in [5.74, 6) is 0.421. The van der Waals surface area contributed by atoms with Gasteiger partial charge in [-0.05, 0) is 0 Å². The molecule has 0 atom stereocenters. The summed E-state index contributed by atoms with van der Waals surface area (Å²) >= 11 is 1.57. The molecule has 2 aromatic rings. The lowest BCUT2D eigenvalue weighted by Gasteiger charge is -1.96. The Morgan fingerprint density at radius 1 is 1.47 bits per heavy atom. The monoisotopic (exact) mass is 224 g/mol. The molecule has 6 heteroatoms. The van der Waals surface area contributed by atoms with E-state index in [-0.39, 0.29) is 0 Å². The van der Waals surface area contributed by atoms with E-state index in [0.29, 0.717) is 12.5 Å². The van der Waals surface area contributed by atoms with Crippen LogP contribution in [-0.4, -0.2) is 15.2 Å². The van der Waals surface area contributed by atoms with Gasteiger partial charge in [-0.3, -0.25) is 0 Å². The Hall–Kier alpha value is -1.43. The maximum Gasteiger partial charge on any atom is 0.206 e. The van der Waals surface area contributed by atoms with Crippen molar-refractivity contribution < 1.29 is 4.42 Å². The quantitative estimate of drug-likeness (QED) is 0.863. The highest BCUT2D eigenvalue weighted by Gasteiger charge is 2.07. The van der Waals surface area contributed by atoms with Crippen LogP contribution in [-0.2, 0) is 6.54 Å². The number of nitrogens with zero attached hydrogens (tertiary/aromatic N) is 3. The summed E-state index contributed by atoms with van der Waals surface area (Å²) in [5, 5.41) is 13.1. The van der Waals surface area contributed by atoms with Crippen molar-refractivity contribution in [2.75, 3.05) is 5.32 Å². The molecule has 0 aromatic carbocycles. The van der Waals surface area contributed by atoms with Crippen molar-refractivity contribution in [1.82, 2.24) is 15.2 Å². The van der Waals surface area contributed by atoms with Gasteiger partial charge in [0, 0.05) is 5.92 Å². The fraction of sp³-hybridized carbons (Fsp3) is 0.444. The maximum absolute atomic E-state index is 4.86. The number of oxazole rings is 1. The first-order chi connectivity index (χ1) is 7.25. The Labute approximate surface area is 91.6 Å². The van der Waals surface area contributed by atoms with Crippen molar-refractivity contribution in [2.45, 2.75) is 26.3 Å². The summed E-state index contributed by atoms with van der Waals surface area (Å²) in [6.45, 7) is 4.81. The fourth-order valence-corrected chi connectivity index (χ4v) is 1.77. The highest BCUT2D eigenvalue weighted by Crippen LogP contribution is 2.22. The van der Waals surface area contributed by atoms with Crippen LogP contribution in [0.2, 0.25) is 0 Å². The van der Waals surface area contributed by atoms with E-state index in [1.807, 2.05) is 0 Å². The zero-order valence-electron chi connectivity index (χ0n) is 8.60. The smallest absolute Gasteiger partial charge is 0.206 e. The summed E-state index contributed by atoms with van der Waals surface area (Å²) in [6, 6.07) is 0. The molecule has 80 valence electrons. The summed E-state index contributed by atoms with van der Waals surface area (Å²) in [7, 11) is 0. The average Bonchev–Trinajstić information content (AvgIpc) is 2.86. The number of aromatic nitrogens is 3. The van der Waals surface area contributed by atoms with Crippen LogP contribution < -0.4 is 5.32 Å². The standard InChI is InChI=1S/C9H12N4OS/c1-6(2)8-12-13-9(15-8)10-3-7-4-14-5-11-7/h4-6H,3H2,1-2H3,(H,10,13). The summed E-state index contributed by atoms with van der Waals surface area (Å²) < 4.78 is 4.86. The van der Waals surface area contributed by atoms with Crippen molar-refractivity contribution in [1.29, 1.82) is 0 Å². The Balaban J connectivity index is 1.94. The molecule has 2 rings (SSSR count). The first-order valence-corrected chi connectivity index (χ1v) is 5.51. The third-order valence-electron chi connectivity index (χ3n) is 1.84. The zero-order valence-corrected chi connectivity index (χ0v) is 9.41. The molecular weight excluding hydrogens is 212 g/mol. The largest absolute Gasteiger partial charge is 0.451 e. The van der Waals surface area contributed by atoms with E-state index in [1.54, 1.807) is 17.6 Å². The molecule has 0 aliphatic carbocycles. The van der Waals surface area contributed by atoms with Gasteiger partial charge in [0.25, 0.3) is 0 Å². The van der Waals surface area contributed by atoms with Gasteiger partial charge in [-0.1, -0.05) is 25.2 Å². The van der Waals surface area contributed by atoms with Gasteiger partial charge in [0.2, 0.25) is 5.13 Å². The van der Waals surface area contributed by atoms with Crippen LogP contribution in [0.4, 0.5) is 5.13 Å². The molecule has 2 heterocycles. The van der Waals surface area contributed by atoms with Crippen molar-refractivity contribution >= 4 is 16.5 Å². The van der Waals surface area contributed by atoms with Crippen LogP contribution in [0.25, 0.3) is 0 Å². The van der Waals surface area contributed by atoms with Gasteiger partial charge in [-0.15, -0.1) is 10.2 Å². The SMILES string of the molecule is CC(C)c1nnc(NCc2cocn2)s1. The average molecular weight is 224 g/mol. The number of hydrogen-bond donors (Lipinski definition) is 1. The molecule has 0 unspecified atom stereocenters. The molecule has 0 aliphatic heterocycles. The first-order valence-electron chi connectivity index (χ1n) is 4.70. The summed E-state index contributed by atoms with van der Waals surface area (Å²) in [6.07, 6.45) is 3.02. The molecule has 0 saturated heterocycles. The second-order valence-electron chi connectivity index (χ2n) is 3.43. The normalized spacial score (nSPS) is 10.9. The van der Waals surface area contributed by atoms with Crippen LogP contribution in [0.15, 0.2) is 17.1 Å². The van der Waals surface area contributed by atoms with Crippen molar-refractivity contribution in [3.8, 4) is 0 Å². The summed E-state index contributed by atoms with van der Waals surface area (Å²) in [5.41, 5.74) is 0.858. The molecule has 5 nitrogen and oxygen atoms in total. The van der Waals surface area contributed by atoms with Crippen LogP contribution in [0.5, 0.6) is 0 Å². The van der Waals surface area contributed by atoms with Gasteiger partial charge in [0.15, 0.2) is 6.39 Å². The van der Waals surface area contributed by atoms with E-state index in [2.05, 4.69) is 34.3 Å². The highest BCUT2D eigenvalue weighted by molar-refractivity contribution is 7.15. The minimum atomic E-state index is 0.421. The van der Waals surface area contributed by atoms with E-state index in [4.69, 9.17) is 4.42 Å². The van der Waals surface area contributed by atoms with E-state index in [9.17, 15) is 0 Å². The molecule has 0 fully saturated rings. The third kappa shape index (κ3) is 2.53. The highest BCUT2D eigenvalue weighted by atomic mass is 32.1. The van der Waals surface area contributed by atoms with E-state index < -0.39 is 0 Å². The van der Waals surface area contributed by atoms with Crippen LogP contribution in [0.3, 0.4) is 0 Å². The van der Waals surface area contributed by atoms with Gasteiger partial charge < -0.3 is 9.73 Å². The van der Waals surface area contributed by atoms with Gasteiger partial charge in [-0.2, -0.15) is 0 Å². The molecule has 0 saturated carbocycles. The van der Waals surface area contributed by atoms with Gasteiger partial charge >= 0.3 is 0 Å². The Morgan fingerprint density at radius 2 is 2.33 bits per heavy atom. The molecule has 0 bridgehead atoms. The van der Waals surface area contributed by atoms with Crippen LogP contribution in [0, 0.1) is 0 Å². The maximum atomic E-state index is 4.86. The van der Waals surface area contributed by atoms with Crippen molar-refractivity contribution in [3.05, 3.63) is 23.4 Å². The van der Waals surface area contributed by atoms with Gasteiger partial charge in [-0.25, -0.2) is 4.98 Å². The van der Waals surface area contributed by atoms with E-state index >= 15 is 0 Å². The van der Waals surface area contributed by atoms with E-state index in [1.165, 1.54) is 6.39 Å². The minimum Gasteiger partial charge on any atom is -0.451 e. The van der Waals surface area contributed by atoms with Crippen LogP contribution in [0.1, 0.15) is 30.5 Å². The molecule has 2 aromatic heterocycles. The van der Waals surface area contributed by atoms with E-state index in [0.717, 1.165) is 15.8 Å². The molecule has 0 spiro atoms. The number of rotatable bonds is 4. The topological polar surface area (TPSA) is 63.8 Å². The van der Waals surface area contributed by atoms with Gasteiger partial charge in [0.05, 0.1) is 12.2 Å². The Morgan fingerprint density at radius 3 is 2.93 bits per heavy atom. The second kappa shape index (κ2) is 4.39. The molecular formula is C9H12N4OS. The number of anilines is 1. The lowest BCUT2D eigenvalue weighted by atomic mass is 10.2. The zero-order chi connectivity index (χ0) is 10.7.